The first-order chi connectivity index (χ1) is 15.8. The first kappa shape index (κ1) is 23.7. The third-order valence-electron chi connectivity index (χ3n) is 6.99. The highest BCUT2D eigenvalue weighted by atomic mass is 35.5. The summed E-state index contributed by atoms with van der Waals surface area (Å²) in [5, 5.41) is 10.3. The van der Waals surface area contributed by atoms with E-state index in [1.165, 1.54) is 9.80 Å². The zero-order valence-corrected chi connectivity index (χ0v) is 19.5. The third-order valence-corrected chi connectivity index (χ3v) is 7.31. The molecule has 0 unspecified atom stereocenters. The number of fused-ring (bicyclic) bond motifs is 1. The van der Waals surface area contributed by atoms with E-state index >= 15 is 0 Å². The summed E-state index contributed by atoms with van der Waals surface area (Å²) in [6.45, 7) is 7.18. The number of ether oxygens (including phenoxy) is 2. The van der Waals surface area contributed by atoms with E-state index in [-0.39, 0.29) is 31.6 Å². The Labute approximate surface area is 198 Å². The Morgan fingerprint density at radius 2 is 2.18 bits per heavy atom. The van der Waals surface area contributed by atoms with Crippen molar-refractivity contribution in [1.29, 1.82) is 0 Å². The van der Waals surface area contributed by atoms with Crippen LogP contribution in [0.3, 0.4) is 0 Å². The van der Waals surface area contributed by atoms with Crippen LogP contribution in [0.2, 0.25) is 5.02 Å². The molecule has 2 amide bonds. The molecule has 1 spiro atoms. The molecule has 9 heteroatoms. The fraction of sp³-hybridized carbons (Fsp3) is 0.542. The zero-order valence-electron chi connectivity index (χ0n) is 18.8. The molecule has 1 N–H and O–H groups in total. The van der Waals surface area contributed by atoms with Gasteiger partial charge in [0.05, 0.1) is 47.9 Å². The van der Waals surface area contributed by atoms with E-state index < -0.39 is 41.6 Å². The number of likely N-dealkylation sites (tertiary alicyclic amines) is 1. The van der Waals surface area contributed by atoms with Gasteiger partial charge in [0.2, 0.25) is 5.91 Å². The highest BCUT2D eigenvalue weighted by Gasteiger charge is 2.75. The molecule has 0 saturated carbocycles. The van der Waals surface area contributed by atoms with Crippen LogP contribution in [-0.2, 0) is 23.9 Å². The Morgan fingerprint density at radius 1 is 1.45 bits per heavy atom. The molecule has 0 aromatic heterocycles. The quantitative estimate of drug-likeness (QED) is 0.456. The van der Waals surface area contributed by atoms with Gasteiger partial charge in [-0.3, -0.25) is 14.4 Å². The van der Waals surface area contributed by atoms with E-state index in [1.54, 1.807) is 44.2 Å². The van der Waals surface area contributed by atoms with Crippen molar-refractivity contribution < 1.29 is 29.0 Å². The smallest absolute Gasteiger partial charge is 0.312 e. The number of esters is 1. The van der Waals surface area contributed by atoms with Crippen molar-refractivity contribution in [1.82, 2.24) is 4.90 Å². The Bertz CT molecular complexity index is 970. The predicted molar refractivity (Wildman–Crippen MR) is 122 cm³/mol. The molecule has 4 rings (SSSR count). The highest BCUT2D eigenvalue weighted by molar-refractivity contribution is 6.34. The first-order valence-electron chi connectivity index (χ1n) is 11.3. The molecule has 33 heavy (non-hydrogen) atoms. The molecule has 8 nitrogen and oxygen atoms in total. The van der Waals surface area contributed by atoms with Crippen LogP contribution in [-0.4, -0.2) is 71.3 Å². The molecule has 0 aliphatic carbocycles. The summed E-state index contributed by atoms with van der Waals surface area (Å²) < 4.78 is 11.6. The maximum absolute atomic E-state index is 14.1. The second-order valence-electron chi connectivity index (χ2n) is 8.77. The topological polar surface area (TPSA) is 96.4 Å². The van der Waals surface area contributed by atoms with Crippen LogP contribution in [0.15, 0.2) is 36.9 Å². The molecule has 6 atom stereocenters. The number of carbonyl (C=O) groups excluding carboxylic acids is 3. The maximum atomic E-state index is 14.1. The number of aliphatic hydroxyl groups excluding tert-OH is 1. The maximum Gasteiger partial charge on any atom is 0.312 e. The van der Waals surface area contributed by atoms with Crippen LogP contribution >= 0.6 is 11.6 Å². The highest BCUT2D eigenvalue weighted by Crippen LogP contribution is 2.59. The van der Waals surface area contributed by atoms with Crippen LogP contribution in [0.1, 0.15) is 26.7 Å². The van der Waals surface area contributed by atoms with Gasteiger partial charge in [-0.2, -0.15) is 0 Å². The van der Waals surface area contributed by atoms with Crippen molar-refractivity contribution in [2.45, 2.75) is 50.5 Å². The number of halogens is 1. The van der Waals surface area contributed by atoms with E-state index in [2.05, 4.69) is 6.58 Å². The molecule has 3 aliphatic rings. The molecule has 0 radical (unpaired) electrons. The van der Waals surface area contributed by atoms with E-state index in [0.29, 0.717) is 23.6 Å². The van der Waals surface area contributed by atoms with Gasteiger partial charge in [0.25, 0.3) is 5.91 Å². The molecule has 3 aliphatic heterocycles. The number of para-hydroxylation sites is 1. The summed E-state index contributed by atoms with van der Waals surface area (Å²) in [4.78, 5) is 43.5. The molecule has 3 heterocycles. The van der Waals surface area contributed by atoms with Gasteiger partial charge in [-0.15, -0.1) is 6.58 Å². The number of rotatable bonds is 8. The SMILES string of the molecule is C=CCN(C(=O)[C@@H]1N([C@H](C)CO)C(=O)[C@H]2[C@H](C(=O)OCC)[C@@H]3CC[C@]12O3)c1ccccc1Cl. The van der Waals surface area contributed by atoms with Crippen LogP contribution in [0.25, 0.3) is 0 Å². The summed E-state index contributed by atoms with van der Waals surface area (Å²) in [6, 6.07) is 5.29. The van der Waals surface area contributed by atoms with Gasteiger partial charge in [-0.25, -0.2) is 0 Å². The van der Waals surface area contributed by atoms with Gasteiger partial charge < -0.3 is 24.4 Å². The lowest BCUT2D eigenvalue weighted by Crippen LogP contribution is -2.58. The lowest BCUT2D eigenvalue weighted by Gasteiger charge is -2.38. The van der Waals surface area contributed by atoms with Gasteiger partial charge in [0.1, 0.15) is 11.6 Å². The Balaban J connectivity index is 1.80. The summed E-state index contributed by atoms with van der Waals surface area (Å²) in [5.74, 6) is -2.85. The summed E-state index contributed by atoms with van der Waals surface area (Å²) in [7, 11) is 0. The summed E-state index contributed by atoms with van der Waals surface area (Å²) in [5.41, 5.74) is -0.678. The number of anilines is 1. The number of benzene rings is 1. The lowest BCUT2D eigenvalue weighted by molar-refractivity contribution is -0.155. The normalized spacial score (nSPS) is 30.8. The standard InChI is InChI=1S/C24H29ClN2O6/c1-4-12-26(16-9-7-6-8-15(16)25)22(30)20-24-11-10-17(33-24)18(23(31)32-5-2)19(24)21(29)27(20)14(3)13-28/h4,6-9,14,17-20,28H,1,5,10-13H2,2-3H3/t14-,17+,18-,19-,20+,24-/m1/s1. The van der Waals surface area contributed by atoms with Gasteiger partial charge in [0.15, 0.2) is 0 Å². The van der Waals surface area contributed by atoms with Crippen molar-refractivity contribution in [2.24, 2.45) is 11.8 Å². The Kier molecular flexibility index (Phi) is 6.53. The van der Waals surface area contributed by atoms with E-state index in [9.17, 15) is 19.5 Å². The van der Waals surface area contributed by atoms with Gasteiger partial charge in [-0.05, 0) is 38.8 Å². The molecule has 1 aromatic rings. The van der Waals surface area contributed by atoms with E-state index in [0.717, 1.165) is 0 Å². The molecule has 2 bridgehead atoms. The van der Waals surface area contributed by atoms with Gasteiger partial charge in [0, 0.05) is 6.54 Å². The molecule has 178 valence electrons. The van der Waals surface area contributed by atoms with E-state index in [1.807, 2.05) is 0 Å². The monoisotopic (exact) mass is 476 g/mol. The number of hydrogen-bond donors (Lipinski definition) is 1. The first-order valence-corrected chi connectivity index (χ1v) is 11.6. The minimum absolute atomic E-state index is 0.167. The molecule has 3 saturated heterocycles. The molecule has 3 fully saturated rings. The molecular formula is C24H29ClN2O6. The minimum Gasteiger partial charge on any atom is -0.466 e. The largest absolute Gasteiger partial charge is 0.466 e. The van der Waals surface area contributed by atoms with Crippen molar-refractivity contribution in [3.05, 3.63) is 41.9 Å². The fourth-order valence-corrected chi connectivity index (χ4v) is 5.93. The van der Waals surface area contributed by atoms with Crippen LogP contribution in [0.5, 0.6) is 0 Å². The number of hydrogen-bond acceptors (Lipinski definition) is 6. The van der Waals surface area contributed by atoms with Crippen molar-refractivity contribution in [3.8, 4) is 0 Å². The fourth-order valence-electron chi connectivity index (χ4n) is 5.69. The second kappa shape index (κ2) is 9.08. The number of amides is 2. The molecular weight excluding hydrogens is 448 g/mol. The number of carbonyl (C=O) groups is 3. The minimum atomic E-state index is -1.17. The number of aliphatic hydroxyl groups is 1. The zero-order chi connectivity index (χ0) is 23.9. The van der Waals surface area contributed by atoms with Crippen molar-refractivity contribution in [3.63, 3.8) is 0 Å². The summed E-state index contributed by atoms with van der Waals surface area (Å²) >= 11 is 6.41. The van der Waals surface area contributed by atoms with Crippen LogP contribution in [0.4, 0.5) is 5.69 Å². The van der Waals surface area contributed by atoms with Crippen LogP contribution < -0.4 is 4.90 Å². The van der Waals surface area contributed by atoms with Gasteiger partial charge >= 0.3 is 5.97 Å². The van der Waals surface area contributed by atoms with Crippen molar-refractivity contribution in [2.75, 3.05) is 24.7 Å². The lowest BCUT2D eigenvalue weighted by atomic mass is 9.70. The summed E-state index contributed by atoms with van der Waals surface area (Å²) in [6.07, 6.45) is 2.11. The third kappa shape index (κ3) is 3.55. The Hall–Kier alpha value is -2.42. The molecule has 1 aromatic carbocycles. The second-order valence-corrected chi connectivity index (χ2v) is 9.18. The Morgan fingerprint density at radius 3 is 2.82 bits per heavy atom. The van der Waals surface area contributed by atoms with Crippen molar-refractivity contribution >= 4 is 35.1 Å². The van der Waals surface area contributed by atoms with E-state index in [4.69, 9.17) is 21.1 Å². The van der Waals surface area contributed by atoms with Crippen LogP contribution in [0, 0.1) is 11.8 Å². The van der Waals surface area contributed by atoms with Gasteiger partial charge in [-0.1, -0.05) is 29.8 Å². The average molecular weight is 477 g/mol. The predicted octanol–water partition coefficient (Wildman–Crippen LogP) is 2.18. The number of nitrogens with zero attached hydrogens (tertiary/aromatic N) is 2. The average Bonchev–Trinajstić information content (AvgIpc) is 3.44.